The number of hydrogen-bond acceptors (Lipinski definition) is 10. The predicted molar refractivity (Wildman–Crippen MR) is 127 cm³/mol. The molecule has 16 heteroatoms. The van der Waals surface area contributed by atoms with Gasteiger partial charge >= 0.3 is 18.1 Å². The molecule has 3 N–H and O–H groups in total. The Labute approximate surface area is 219 Å². The summed E-state index contributed by atoms with van der Waals surface area (Å²) in [6.45, 7) is 1.35. The fourth-order valence-electron chi connectivity index (χ4n) is 3.07. The van der Waals surface area contributed by atoms with Gasteiger partial charge in [-0.3, -0.25) is 19.7 Å². The second kappa shape index (κ2) is 14.3. The highest BCUT2D eigenvalue weighted by Crippen LogP contribution is 2.26. The summed E-state index contributed by atoms with van der Waals surface area (Å²) >= 11 is 0. The smallest absolute Gasteiger partial charge is 0.370 e. The zero-order valence-electron chi connectivity index (χ0n) is 20.4. The van der Waals surface area contributed by atoms with Crippen LogP contribution in [-0.2, 0) is 29.0 Å². The normalized spacial score (nSPS) is 11.6. The lowest BCUT2D eigenvalue weighted by atomic mass is 10.0. The van der Waals surface area contributed by atoms with Gasteiger partial charge in [0.25, 0.3) is 5.69 Å². The Morgan fingerprint density at radius 1 is 1.10 bits per heavy atom. The highest BCUT2D eigenvalue weighted by atomic mass is 19.4. The van der Waals surface area contributed by atoms with Crippen LogP contribution >= 0.6 is 0 Å². The molecule has 13 nitrogen and oxygen atoms in total. The summed E-state index contributed by atoms with van der Waals surface area (Å²) in [4.78, 5) is 69.2. The Morgan fingerprint density at radius 2 is 1.85 bits per heavy atom. The van der Waals surface area contributed by atoms with Crippen molar-refractivity contribution in [3.63, 3.8) is 0 Å². The highest BCUT2D eigenvalue weighted by molar-refractivity contribution is 5.85. The lowest BCUT2D eigenvalue weighted by molar-refractivity contribution is -0.385. The summed E-state index contributed by atoms with van der Waals surface area (Å²) in [5, 5.41) is 19.0. The molecule has 2 amide bonds. The summed E-state index contributed by atoms with van der Waals surface area (Å²) in [7, 11) is 0. The molecule has 1 aromatic carbocycles. The Bertz CT molecular complexity index is 1190. The van der Waals surface area contributed by atoms with Crippen LogP contribution in [0.25, 0.3) is 0 Å². The number of amides is 2. The number of hydrogen-bond donors (Lipinski definition) is 3. The van der Waals surface area contributed by atoms with Crippen molar-refractivity contribution in [1.82, 2.24) is 15.6 Å². The van der Waals surface area contributed by atoms with Gasteiger partial charge in [0.05, 0.1) is 23.9 Å². The number of anilines is 1. The van der Waals surface area contributed by atoms with Gasteiger partial charge in [0, 0.05) is 30.8 Å². The molecule has 0 radical (unpaired) electrons. The number of carbonyl (C=O) groups is 4. The van der Waals surface area contributed by atoms with Crippen LogP contribution in [-0.4, -0.2) is 52.9 Å². The zero-order chi connectivity index (χ0) is 29.0. The van der Waals surface area contributed by atoms with Gasteiger partial charge in [0.15, 0.2) is 0 Å². The van der Waals surface area contributed by atoms with E-state index in [0.29, 0.717) is 18.8 Å². The van der Waals surface area contributed by atoms with E-state index in [9.17, 15) is 42.5 Å². The highest BCUT2D eigenvalue weighted by Gasteiger charge is 2.43. The van der Waals surface area contributed by atoms with Crippen molar-refractivity contribution in [1.29, 1.82) is 0 Å². The van der Waals surface area contributed by atoms with Crippen molar-refractivity contribution in [2.45, 2.75) is 38.4 Å². The van der Waals surface area contributed by atoms with E-state index >= 15 is 0 Å². The van der Waals surface area contributed by atoms with E-state index in [1.807, 2.05) is 0 Å². The van der Waals surface area contributed by atoms with E-state index in [1.165, 1.54) is 19.1 Å². The third kappa shape index (κ3) is 10.6. The van der Waals surface area contributed by atoms with Crippen LogP contribution in [0.4, 0.5) is 24.7 Å². The minimum atomic E-state index is -5.42. The van der Waals surface area contributed by atoms with E-state index < -0.39 is 53.9 Å². The van der Waals surface area contributed by atoms with Crippen molar-refractivity contribution in [2.75, 3.05) is 18.4 Å². The van der Waals surface area contributed by atoms with E-state index in [1.54, 1.807) is 24.4 Å². The Morgan fingerprint density at radius 3 is 2.49 bits per heavy atom. The number of nitrogens with one attached hydrogen (secondary N) is 3. The number of benzene rings is 1. The summed E-state index contributed by atoms with van der Waals surface area (Å²) in [6.07, 6.45) is -4.19. The first-order chi connectivity index (χ1) is 18.4. The van der Waals surface area contributed by atoms with Crippen LogP contribution < -0.4 is 16.0 Å². The first kappa shape index (κ1) is 30.5. The molecule has 0 spiro atoms. The molecule has 1 aromatic heterocycles. The molecule has 0 saturated carbocycles. The van der Waals surface area contributed by atoms with Gasteiger partial charge in [-0.1, -0.05) is 18.2 Å². The van der Waals surface area contributed by atoms with E-state index in [-0.39, 0.29) is 23.2 Å². The number of nitrogens with zero attached hydrogens (tertiary/aromatic N) is 2. The molecule has 1 atom stereocenters. The topological polar surface area (TPSA) is 179 Å². The number of halogens is 3. The maximum atomic E-state index is 12.4. The molecule has 2 rings (SSSR count). The van der Waals surface area contributed by atoms with Gasteiger partial charge in [0.1, 0.15) is 5.82 Å². The Kier molecular flexibility index (Phi) is 11.1. The third-order valence-corrected chi connectivity index (χ3v) is 4.98. The summed E-state index contributed by atoms with van der Waals surface area (Å²) in [6, 6.07) is 7.69. The fraction of sp³-hybridized carbons (Fsp3) is 0.348. The minimum Gasteiger partial charge on any atom is -0.370 e. The number of nitro groups is 1. The zero-order valence-corrected chi connectivity index (χ0v) is 20.4. The number of carbonyl (C=O) groups excluding carboxylic acids is 4. The standard InChI is InChI=1S/C23H24F3N5O8/c1-14-7-8-15(11-17(14)31(36)37)16(12-21(34)38-39-22(35)23(24,25)26)30-20(33)13-29-19(32)6-4-10-28-18-5-2-3-9-27-18/h2-3,5,7-9,11,16H,4,6,10,12-13H2,1H3,(H,27,28)(H,29,32)(H,30,33). The molecule has 1 heterocycles. The SMILES string of the molecule is Cc1ccc(C(CC(=O)OOC(=O)C(F)(F)F)NC(=O)CNC(=O)CCCNc2ccccn2)cc1[N+](=O)[O-]. The van der Waals surface area contributed by atoms with Gasteiger partial charge < -0.3 is 16.0 Å². The second-order valence-corrected chi connectivity index (χ2v) is 7.97. The lowest BCUT2D eigenvalue weighted by Crippen LogP contribution is -2.39. The van der Waals surface area contributed by atoms with E-state index in [4.69, 9.17) is 0 Å². The van der Waals surface area contributed by atoms with Crippen LogP contribution in [0.2, 0.25) is 0 Å². The maximum absolute atomic E-state index is 12.4. The summed E-state index contributed by atoms with van der Waals surface area (Å²) < 4.78 is 36.8. The van der Waals surface area contributed by atoms with Gasteiger partial charge in [0.2, 0.25) is 11.8 Å². The van der Waals surface area contributed by atoms with Gasteiger partial charge in [-0.25, -0.2) is 24.3 Å². The summed E-state index contributed by atoms with van der Waals surface area (Å²) in [5.74, 6) is -4.91. The number of rotatable bonds is 12. The number of aryl methyl sites for hydroxylation is 1. The average Bonchev–Trinajstić information content (AvgIpc) is 2.88. The maximum Gasteiger partial charge on any atom is 0.495 e. The van der Waals surface area contributed by atoms with E-state index in [2.05, 4.69) is 30.7 Å². The second-order valence-electron chi connectivity index (χ2n) is 7.97. The largest absolute Gasteiger partial charge is 0.495 e. The van der Waals surface area contributed by atoms with Crippen LogP contribution in [0.1, 0.15) is 36.4 Å². The van der Waals surface area contributed by atoms with Gasteiger partial charge in [-0.05, 0) is 31.0 Å². The van der Waals surface area contributed by atoms with E-state index in [0.717, 1.165) is 6.07 Å². The lowest BCUT2D eigenvalue weighted by Gasteiger charge is -2.19. The van der Waals surface area contributed by atoms with Crippen LogP contribution in [0.15, 0.2) is 42.6 Å². The molecule has 0 saturated heterocycles. The molecule has 210 valence electrons. The quantitative estimate of drug-likeness (QED) is 0.152. The van der Waals surface area contributed by atoms with Crippen molar-refractivity contribution >= 4 is 35.3 Å². The molecular formula is C23H24F3N5O8. The first-order valence-corrected chi connectivity index (χ1v) is 11.3. The molecule has 0 aliphatic heterocycles. The van der Waals surface area contributed by atoms with Gasteiger partial charge in [-0.2, -0.15) is 13.2 Å². The monoisotopic (exact) mass is 555 g/mol. The predicted octanol–water partition coefficient (Wildman–Crippen LogP) is 2.42. The molecule has 0 fully saturated rings. The molecule has 1 unspecified atom stereocenters. The van der Waals surface area contributed by atoms with Crippen LogP contribution in [0.5, 0.6) is 0 Å². The van der Waals surface area contributed by atoms with Crippen molar-refractivity contribution in [3.8, 4) is 0 Å². The molecular weight excluding hydrogens is 531 g/mol. The summed E-state index contributed by atoms with van der Waals surface area (Å²) in [5.41, 5.74) is -0.0526. The molecule has 0 aliphatic rings. The Balaban J connectivity index is 1.96. The third-order valence-electron chi connectivity index (χ3n) is 4.98. The van der Waals surface area contributed by atoms with Gasteiger partial charge in [-0.15, -0.1) is 0 Å². The van der Waals surface area contributed by atoms with Crippen molar-refractivity contribution < 1.29 is 47.0 Å². The Hall–Kier alpha value is -4.76. The number of aromatic nitrogens is 1. The molecule has 39 heavy (non-hydrogen) atoms. The minimum absolute atomic E-state index is 0.0340. The fourth-order valence-corrected chi connectivity index (χ4v) is 3.07. The van der Waals surface area contributed by atoms with Crippen molar-refractivity contribution in [2.24, 2.45) is 0 Å². The van der Waals surface area contributed by atoms with Crippen LogP contribution in [0.3, 0.4) is 0 Å². The number of nitro benzene ring substituents is 1. The molecule has 0 bridgehead atoms. The number of pyridine rings is 1. The number of alkyl halides is 3. The molecule has 0 aliphatic carbocycles. The first-order valence-electron chi connectivity index (χ1n) is 11.3. The van der Waals surface area contributed by atoms with Crippen molar-refractivity contribution in [3.05, 3.63) is 63.8 Å². The average molecular weight is 555 g/mol. The van der Waals surface area contributed by atoms with Crippen LogP contribution in [0, 0.1) is 17.0 Å². The molecule has 2 aromatic rings.